The molecule has 6 heteroatoms. The van der Waals surface area contributed by atoms with Crippen molar-refractivity contribution in [3.05, 3.63) is 64.0 Å². The standard InChI is InChI=1S/C19H19N3O2S/c23-19(13-22-8-6-18-15(12-22)7-9-25-18)20-11-16-10-17(24-21-16)14-4-2-1-3-5-14/h1-5,7,9-10H,6,8,11-13H2,(H,20,23). The first-order valence-electron chi connectivity index (χ1n) is 8.33. The van der Waals surface area contributed by atoms with Gasteiger partial charge in [0.05, 0.1) is 13.1 Å². The molecule has 5 nitrogen and oxygen atoms in total. The number of rotatable bonds is 5. The van der Waals surface area contributed by atoms with E-state index in [0.29, 0.717) is 18.8 Å². The molecular weight excluding hydrogens is 334 g/mol. The van der Waals surface area contributed by atoms with Gasteiger partial charge in [-0.15, -0.1) is 11.3 Å². The van der Waals surface area contributed by atoms with Gasteiger partial charge in [-0.3, -0.25) is 9.69 Å². The van der Waals surface area contributed by atoms with E-state index in [9.17, 15) is 4.79 Å². The molecule has 3 aromatic rings. The van der Waals surface area contributed by atoms with Crippen LogP contribution in [0.2, 0.25) is 0 Å². The maximum atomic E-state index is 12.2. The molecule has 1 N–H and O–H groups in total. The Morgan fingerprint density at radius 2 is 2.16 bits per heavy atom. The number of hydrogen-bond donors (Lipinski definition) is 1. The first kappa shape index (κ1) is 16.1. The van der Waals surface area contributed by atoms with Gasteiger partial charge in [-0.2, -0.15) is 0 Å². The van der Waals surface area contributed by atoms with Crippen LogP contribution < -0.4 is 5.32 Å². The average Bonchev–Trinajstić information content (AvgIpc) is 3.30. The van der Waals surface area contributed by atoms with Gasteiger partial charge in [0.15, 0.2) is 5.76 Å². The van der Waals surface area contributed by atoms with Crippen LogP contribution in [0.1, 0.15) is 16.1 Å². The summed E-state index contributed by atoms with van der Waals surface area (Å²) in [4.78, 5) is 15.8. The van der Waals surface area contributed by atoms with Gasteiger partial charge in [0.25, 0.3) is 0 Å². The van der Waals surface area contributed by atoms with Gasteiger partial charge in [0.1, 0.15) is 5.69 Å². The van der Waals surface area contributed by atoms with Gasteiger partial charge in [-0.1, -0.05) is 35.5 Å². The largest absolute Gasteiger partial charge is 0.356 e. The van der Waals surface area contributed by atoms with Crippen molar-refractivity contribution in [1.29, 1.82) is 0 Å². The molecule has 0 bridgehead atoms. The van der Waals surface area contributed by atoms with Crippen LogP contribution in [-0.4, -0.2) is 29.1 Å². The van der Waals surface area contributed by atoms with Crippen molar-refractivity contribution >= 4 is 17.2 Å². The third kappa shape index (κ3) is 3.81. The molecule has 25 heavy (non-hydrogen) atoms. The normalized spacial score (nSPS) is 14.2. The molecule has 2 aromatic heterocycles. The topological polar surface area (TPSA) is 58.4 Å². The predicted octanol–water partition coefficient (Wildman–Crippen LogP) is 3.08. The van der Waals surface area contributed by atoms with Crippen molar-refractivity contribution < 1.29 is 9.32 Å². The van der Waals surface area contributed by atoms with E-state index in [1.54, 1.807) is 0 Å². The van der Waals surface area contributed by atoms with E-state index in [1.165, 1.54) is 10.4 Å². The first-order valence-corrected chi connectivity index (χ1v) is 9.21. The lowest BCUT2D eigenvalue weighted by atomic mass is 10.1. The second-order valence-electron chi connectivity index (χ2n) is 6.15. The van der Waals surface area contributed by atoms with E-state index < -0.39 is 0 Å². The number of amides is 1. The number of benzene rings is 1. The number of nitrogens with zero attached hydrogens (tertiary/aromatic N) is 2. The smallest absolute Gasteiger partial charge is 0.234 e. The highest BCUT2D eigenvalue weighted by Gasteiger charge is 2.19. The highest BCUT2D eigenvalue weighted by atomic mass is 32.1. The summed E-state index contributed by atoms with van der Waals surface area (Å²) in [5.74, 6) is 0.730. The van der Waals surface area contributed by atoms with Crippen LogP contribution in [0.5, 0.6) is 0 Å². The molecule has 1 aliphatic heterocycles. The van der Waals surface area contributed by atoms with E-state index in [1.807, 2.05) is 47.7 Å². The lowest BCUT2D eigenvalue weighted by molar-refractivity contribution is -0.122. The molecule has 0 spiro atoms. The van der Waals surface area contributed by atoms with Gasteiger partial charge in [0, 0.05) is 29.6 Å². The molecule has 3 heterocycles. The Labute approximate surface area is 150 Å². The van der Waals surface area contributed by atoms with Crippen LogP contribution in [0.4, 0.5) is 0 Å². The summed E-state index contributed by atoms with van der Waals surface area (Å²) in [6, 6.07) is 13.8. The summed E-state index contributed by atoms with van der Waals surface area (Å²) in [7, 11) is 0. The Bertz CT molecular complexity index is 856. The van der Waals surface area contributed by atoms with E-state index >= 15 is 0 Å². The van der Waals surface area contributed by atoms with Gasteiger partial charge in [0.2, 0.25) is 5.91 Å². The SMILES string of the molecule is O=C(CN1CCc2sccc2C1)NCc1cc(-c2ccccc2)on1. The zero-order chi connectivity index (χ0) is 17.1. The second-order valence-corrected chi connectivity index (χ2v) is 7.16. The quantitative estimate of drug-likeness (QED) is 0.766. The molecule has 1 aliphatic rings. The highest BCUT2D eigenvalue weighted by Crippen LogP contribution is 2.23. The third-order valence-corrected chi connectivity index (χ3v) is 5.36. The molecule has 0 fully saturated rings. The fourth-order valence-electron chi connectivity index (χ4n) is 3.02. The van der Waals surface area contributed by atoms with Crippen molar-refractivity contribution in [2.24, 2.45) is 0 Å². The van der Waals surface area contributed by atoms with Crippen LogP contribution in [0.15, 0.2) is 52.4 Å². The summed E-state index contributed by atoms with van der Waals surface area (Å²) in [5.41, 5.74) is 3.06. The minimum Gasteiger partial charge on any atom is -0.356 e. The molecule has 4 rings (SSSR count). The second kappa shape index (κ2) is 7.21. The fourth-order valence-corrected chi connectivity index (χ4v) is 3.91. The van der Waals surface area contributed by atoms with Crippen molar-refractivity contribution in [3.8, 4) is 11.3 Å². The van der Waals surface area contributed by atoms with Crippen molar-refractivity contribution in [2.45, 2.75) is 19.5 Å². The Morgan fingerprint density at radius 3 is 3.04 bits per heavy atom. The fraction of sp³-hybridized carbons (Fsp3) is 0.263. The lowest BCUT2D eigenvalue weighted by Gasteiger charge is -2.25. The van der Waals surface area contributed by atoms with Crippen LogP contribution >= 0.6 is 11.3 Å². The summed E-state index contributed by atoms with van der Waals surface area (Å²) in [6.45, 7) is 2.59. The van der Waals surface area contributed by atoms with Crippen molar-refractivity contribution in [3.63, 3.8) is 0 Å². The Hall–Kier alpha value is -2.44. The van der Waals surface area contributed by atoms with E-state index in [4.69, 9.17) is 4.52 Å². The number of thiophene rings is 1. The number of nitrogens with one attached hydrogen (secondary N) is 1. The lowest BCUT2D eigenvalue weighted by Crippen LogP contribution is -2.39. The number of hydrogen-bond acceptors (Lipinski definition) is 5. The minimum absolute atomic E-state index is 0.0166. The monoisotopic (exact) mass is 353 g/mol. The highest BCUT2D eigenvalue weighted by molar-refractivity contribution is 7.10. The predicted molar refractivity (Wildman–Crippen MR) is 97.1 cm³/mol. The molecule has 0 saturated carbocycles. The number of fused-ring (bicyclic) bond motifs is 1. The summed E-state index contributed by atoms with van der Waals surface area (Å²) >= 11 is 1.81. The maximum absolute atomic E-state index is 12.2. The first-order chi connectivity index (χ1) is 12.3. The Kier molecular flexibility index (Phi) is 4.63. The average molecular weight is 353 g/mol. The van der Waals surface area contributed by atoms with Crippen LogP contribution in [0.25, 0.3) is 11.3 Å². The zero-order valence-corrected chi connectivity index (χ0v) is 14.6. The molecule has 0 aliphatic carbocycles. The molecule has 0 radical (unpaired) electrons. The van der Waals surface area contributed by atoms with Gasteiger partial charge >= 0.3 is 0 Å². The van der Waals surface area contributed by atoms with Crippen molar-refractivity contribution in [1.82, 2.24) is 15.4 Å². The third-order valence-electron chi connectivity index (χ3n) is 4.34. The molecule has 0 atom stereocenters. The molecule has 1 aromatic carbocycles. The van der Waals surface area contributed by atoms with Gasteiger partial charge in [-0.05, 0) is 23.4 Å². The molecule has 128 valence electrons. The number of carbonyl (C=O) groups is 1. The number of aromatic nitrogens is 1. The zero-order valence-electron chi connectivity index (χ0n) is 13.8. The van der Waals surface area contributed by atoms with Crippen LogP contribution in [0, 0.1) is 0 Å². The van der Waals surface area contributed by atoms with Crippen LogP contribution in [0.3, 0.4) is 0 Å². The van der Waals surface area contributed by atoms with E-state index in [-0.39, 0.29) is 5.91 Å². The Morgan fingerprint density at radius 1 is 1.28 bits per heavy atom. The molecule has 0 unspecified atom stereocenters. The summed E-state index contributed by atoms with van der Waals surface area (Å²) in [5, 5.41) is 9.09. The molecule has 1 amide bonds. The van der Waals surface area contributed by atoms with Gasteiger partial charge in [-0.25, -0.2) is 0 Å². The van der Waals surface area contributed by atoms with Crippen molar-refractivity contribution in [2.75, 3.05) is 13.1 Å². The van der Waals surface area contributed by atoms with E-state index in [0.717, 1.165) is 30.8 Å². The Balaban J connectivity index is 1.29. The van der Waals surface area contributed by atoms with E-state index in [2.05, 4.69) is 26.8 Å². The minimum atomic E-state index is 0.0166. The molecule has 0 saturated heterocycles. The maximum Gasteiger partial charge on any atom is 0.234 e. The van der Waals surface area contributed by atoms with Gasteiger partial charge < -0.3 is 9.84 Å². The molecular formula is C19H19N3O2S. The van der Waals surface area contributed by atoms with Crippen LogP contribution in [-0.2, 0) is 24.3 Å². The number of carbonyl (C=O) groups excluding carboxylic acids is 1. The summed E-state index contributed by atoms with van der Waals surface area (Å²) < 4.78 is 5.35. The summed E-state index contributed by atoms with van der Waals surface area (Å²) in [6.07, 6.45) is 1.03.